The van der Waals surface area contributed by atoms with Crippen LogP contribution in [0.3, 0.4) is 0 Å². The molecule has 1 saturated heterocycles. The molecular formula is C20H22N2O2S2. The zero-order chi connectivity index (χ0) is 17.7. The minimum Gasteiger partial charge on any atom is -0.377 e. The fourth-order valence-corrected chi connectivity index (χ4v) is 6.97. The van der Waals surface area contributed by atoms with E-state index < -0.39 is 10.0 Å². The number of benzene rings is 1. The molecule has 3 unspecified atom stereocenters. The van der Waals surface area contributed by atoms with Gasteiger partial charge in [-0.3, -0.25) is 0 Å². The molecule has 0 bridgehead atoms. The SMILES string of the molecule is O=S(=O)(c1ccc2c(c1)C1C=CCC1C(c1cccs1)N2)N1CCCC1. The maximum absolute atomic E-state index is 13.0. The molecule has 3 aliphatic rings. The molecule has 6 heteroatoms. The molecule has 26 heavy (non-hydrogen) atoms. The standard InChI is InChI=1S/C20H22N2O2S2/c23-26(24,22-10-1-2-11-22)14-8-9-18-17(13-14)15-5-3-6-16(15)20(21-18)19-7-4-12-25-19/h3-5,7-9,12-13,15-16,20-21H,1-2,6,10-11H2. The average Bonchev–Trinajstić information content (AvgIpc) is 3.43. The van der Waals surface area contributed by atoms with Crippen molar-refractivity contribution in [2.75, 3.05) is 18.4 Å². The van der Waals surface area contributed by atoms with E-state index in [0.29, 0.717) is 29.9 Å². The fraction of sp³-hybridized carbons (Fsp3) is 0.400. The van der Waals surface area contributed by atoms with Crippen LogP contribution in [0.25, 0.3) is 0 Å². The Morgan fingerprint density at radius 3 is 2.77 bits per heavy atom. The fourth-order valence-electron chi connectivity index (χ4n) is 4.56. The zero-order valence-electron chi connectivity index (χ0n) is 14.5. The first-order valence-corrected chi connectivity index (χ1v) is 11.6. The van der Waals surface area contributed by atoms with Crippen LogP contribution in [0.2, 0.25) is 0 Å². The number of nitrogens with one attached hydrogen (secondary N) is 1. The van der Waals surface area contributed by atoms with Gasteiger partial charge in [0.1, 0.15) is 0 Å². The van der Waals surface area contributed by atoms with Crippen LogP contribution in [-0.2, 0) is 10.0 Å². The molecule has 3 atom stereocenters. The molecule has 5 rings (SSSR count). The van der Waals surface area contributed by atoms with E-state index >= 15 is 0 Å². The Bertz CT molecular complexity index is 944. The van der Waals surface area contributed by atoms with Gasteiger partial charge in [0.05, 0.1) is 10.9 Å². The van der Waals surface area contributed by atoms with Gasteiger partial charge in [0, 0.05) is 29.6 Å². The topological polar surface area (TPSA) is 49.4 Å². The summed E-state index contributed by atoms with van der Waals surface area (Å²) in [6.45, 7) is 1.29. The van der Waals surface area contributed by atoms with Crippen LogP contribution < -0.4 is 5.32 Å². The molecule has 1 N–H and O–H groups in total. The van der Waals surface area contributed by atoms with Gasteiger partial charge in [-0.2, -0.15) is 4.31 Å². The zero-order valence-corrected chi connectivity index (χ0v) is 16.1. The van der Waals surface area contributed by atoms with Gasteiger partial charge in [-0.1, -0.05) is 18.2 Å². The van der Waals surface area contributed by atoms with E-state index in [1.165, 1.54) is 4.88 Å². The molecule has 1 fully saturated rings. The summed E-state index contributed by atoms with van der Waals surface area (Å²) in [5.74, 6) is 0.734. The van der Waals surface area contributed by atoms with Crippen LogP contribution in [0.4, 0.5) is 5.69 Å². The Morgan fingerprint density at radius 2 is 2.00 bits per heavy atom. The molecule has 1 aromatic carbocycles. The predicted octanol–water partition coefficient (Wildman–Crippen LogP) is 4.36. The summed E-state index contributed by atoms with van der Waals surface area (Å²) in [5, 5.41) is 5.80. The third kappa shape index (κ3) is 2.54. The molecule has 136 valence electrons. The highest BCUT2D eigenvalue weighted by Gasteiger charge is 2.39. The maximum Gasteiger partial charge on any atom is 0.243 e. The smallest absolute Gasteiger partial charge is 0.243 e. The number of hydrogen-bond acceptors (Lipinski definition) is 4. The van der Waals surface area contributed by atoms with Crippen molar-refractivity contribution in [2.45, 2.75) is 36.1 Å². The molecular weight excluding hydrogens is 364 g/mol. The lowest BCUT2D eigenvalue weighted by molar-refractivity contribution is 0.429. The van der Waals surface area contributed by atoms with Gasteiger partial charge < -0.3 is 5.32 Å². The van der Waals surface area contributed by atoms with Crippen LogP contribution in [-0.4, -0.2) is 25.8 Å². The third-order valence-electron chi connectivity index (χ3n) is 5.89. The molecule has 2 aliphatic heterocycles. The summed E-state index contributed by atoms with van der Waals surface area (Å²) in [4.78, 5) is 1.79. The van der Waals surface area contributed by atoms with Crippen LogP contribution in [0, 0.1) is 5.92 Å². The first kappa shape index (κ1) is 16.5. The van der Waals surface area contributed by atoms with Crippen molar-refractivity contribution in [2.24, 2.45) is 5.92 Å². The maximum atomic E-state index is 13.0. The Labute approximate surface area is 158 Å². The Kier molecular flexibility index (Phi) is 3.95. The van der Waals surface area contributed by atoms with Crippen molar-refractivity contribution in [1.29, 1.82) is 0 Å². The van der Waals surface area contributed by atoms with Crippen molar-refractivity contribution in [3.63, 3.8) is 0 Å². The van der Waals surface area contributed by atoms with E-state index in [1.807, 2.05) is 12.1 Å². The molecule has 4 nitrogen and oxygen atoms in total. The number of hydrogen-bond donors (Lipinski definition) is 1. The summed E-state index contributed by atoms with van der Waals surface area (Å²) >= 11 is 1.78. The van der Waals surface area contributed by atoms with Crippen molar-refractivity contribution in [1.82, 2.24) is 4.31 Å². The number of sulfonamides is 1. The monoisotopic (exact) mass is 386 g/mol. The molecule has 0 spiro atoms. The molecule has 2 aromatic rings. The quantitative estimate of drug-likeness (QED) is 0.798. The van der Waals surface area contributed by atoms with Crippen molar-refractivity contribution >= 4 is 27.0 Å². The van der Waals surface area contributed by atoms with E-state index in [-0.39, 0.29) is 5.92 Å². The number of allylic oxidation sites excluding steroid dienone is 2. The summed E-state index contributed by atoms with van der Waals surface area (Å²) in [6.07, 6.45) is 7.46. The number of thiophene rings is 1. The number of fused-ring (bicyclic) bond motifs is 3. The summed E-state index contributed by atoms with van der Waals surface area (Å²) in [5.41, 5.74) is 2.19. The number of nitrogens with zero attached hydrogens (tertiary/aromatic N) is 1. The number of rotatable bonds is 3. The highest BCUT2D eigenvalue weighted by molar-refractivity contribution is 7.89. The van der Waals surface area contributed by atoms with Gasteiger partial charge in [0.15, 0.2) is 0 Å². The Hall–Kier alpha value is -1.63. The van der Waals surface area contributed by atoms with E-state index in [0.717, 1.165) is 30.5 Å². The highest BCUT2D eigenvalue weighted by atomic mass is 32.2. The highest BCUT2D eigenvalue weighted by Crippen LogP contribution is 2.50. The molecule has 0 radical (unpaired) electrons. The lowest BCUT2D eigenvalue weighted by Gasteiger charge is -2.37. The van der Waals surface area contributed by atoms with Crippen LogP contribution in [0.15, 0.2) is 52.8 Å². The predicted molar refractivity (Wildman–Crippen MR) is 105 cm³/mol. The Balaban J connectivity index is 1.55. The lowest BCUT2D eigenvalue weighted by atomic mass is 9.79. The van der Waals surface area contributed by atoms with Gasteiger partial charge in [0.25, 0.3) is 0 Å². The van der Waals surface area contributed by atoms with Crippen molar-refractivity contribution in [3.8, 4) is 0 Å². The van der Waals surface area contributed by atoms with Crippen molar-refractivity contribution in [3.05, 3.63) is 58.3 Å². The van der Waals surface area contributed by atoms with Crippen LogP contribution in [0.5, 0.6) is 0 Å². The summed E-state index contributed by atoms with van der Waals surface area (Å²) < 4.78 is 27.5. The van der Waals surface area contributed by atoms with E-state index in [9.17, 15) is 8.42 Å². The van der Waals surface area contributed by atoms with Gasteiger partial charge in [-0.05, 0) is 60.4 Å². The van der Waals surface area contributed by atoms with Gasteiger partial charge in [-0.25, -0.2) is 8.42 Å². The second-order valence-corrected chi connectivity index (χ2v) is 10.3. The van der Waals surface area contributed by atoms with Gasteiger partial charge in [-0.15, -0.1) is 11.3 Å². The van der Waals surface area contributed by atoms with E-state index in [1.54, 1.807) is 21.7 Å². The molecule has 0 saturated carbocycles. The minimum atomic E-state index is -3.37. The summed E-state index contributed by atoms with van der Waals surface area (Å²) in [6, 6.07) is 10.2. The number of anilines is 1. The van der Waals surface area contributed by atoms with Crippen molar-refractivity contribution < 1.29 is 8.42 Å². The average molecular weight is 387 g/mol. The molecule has 0 amide bonds. The first-order valence-electron chi connectivity index (χ1n) is 9.25. The van der Waals surface area contributed by atoms with E-state index in [2.05, 4.69) is 35.0 Å². The normalized spacial score (nSPS) is 27.9. The molecule has 1 aromatic heterocycles. The largest absolute Gasteiger partial charge is 0.377 e. The van der Waals surface area contributed by atoms with E-state index in [4.69, 9.17) is 0 Å². The first-order chi connectivity index (χ1) is 12.6. The van der Waals surface area contributed by atoms with Gasteiger partial charge in [0.2, 0.25) is 10.0 Å². The van der Waals surface area contributed by atoms with Crippen LogP contribution >= 0.6 is 11.3 Å². The second kappa shape index (κ2) is 6.22. The summed E-state index contributed by atoms with van der Waals surface area (Å²) in [7, 11) is -3.37. The van der Waals surface area contributed by atoms with Crippen LogP contribution in [0.1, 0.15) is 41.7 Å². The molecule has 1 aliphatic carbocycles. The van der Waals surface area contributed by atoms with Gasteiger partial charge >= 0.3 is 0 Å². The second-order valence-electron chi connectivity index (χ2n) is 7.35. The third-order valence-corrected chi connectivity index (χ3v) is 8.74. The Morgan fingerprint density at radius 1 is 1.15 bits per heavy atom. The molecule has 3 heterocycles. The minimum absolute atomic E-state index is 0.284. The lowest BCUT2D eigenvalue weighted by Crippen LogP contribution is -2.30.